The van der Waals surface area contributed by atoms with Gasteiger partial charge in [0.25, 0.3) is 10.1 Å². The summed E-state index contributed by atoms with van der Waals surface area (Å²) in [4.78, 5) is 141. The van der Waals surface area contributed by atoms with Gasteiger partial charge < -0.3 is 89.7 Å². The molecule has 1 aromatic rings. The van der Waals surface area contributed by atoms with Gasteiger partial charge in [0, 0.05) is 11.8 Å². The van der Waals surface area contributed by atoms with E-state index in [0.29, 0.717) is 11.8 Å². The topological polar surface area (TPSA) is 579 Å². The van der Waals surface area contributed by atoms with Crippen LogP contribution in [0.4, 0.5) is 52.7 Å². The summed E-state index contributed by atoms with van der Waals surface area (Å²) >= 11 is 11.4. The molecule has 1 rings (SSSR count). The molecule has 1 aromatic carbocycles. The number of hydrogen-bond acceptors (Lipinski definition) is 30. The SMILES string of the molecule is C#CCC(=O)O.C#CCC(=O)OC(C)(C)C.C#CCCO.C#C[Si](C)(C)C.CC(C)(C)O.CC(C)(C)O.CC(C)(C)OC(=O)CBr.CC(C)(C)OC(=O)CC(=O)O.CC(C)(C)OC(=O)CCO.C[Si](C)(C)C#CCC(=O)O.Cc1ccc(S(=O)(=O)OCCC(=O)OC(C)(C)C)cc1.O=C(O)CBr.O=C(O)CBr.O=C(OC(=O)C(F)(F)F)C(F)(F)F.O=C(OC(=O)C(F)(F)F)C(F)(F)F.OCCBr.[Na+].[OH-]. The third-order valence-corrected chi connectivity index (χ3v) is 13.1. The van der Waals surface area contributed by atoms with Gasteiger partial charge in [0.2, 0.25) is 0 Å². The number of esters is 9. The van der Waals surface area contributed by atoms with E-state index >= 15 is 0 Å². The summed E-state index contributed by atoms with van der Waals surface area (Å²) in [6.07, 6.45) is -3.43. The Morgan fingerprint density at radius 3 is 0.820 bits per heavy atom. The number of carbonyl (C=O) groups is 14. The first-order valence-corrected chi connectivity index (χ1v) is 51.1. The van der Waals surface area contributed by atoms with Gasteiger partial charge in [0.1, 0.15) is 85.8 Å². The molecule has 806 valence electrons. The van der Waals surface area contributed by atoms with E-state index in [9.17, 15) is 128 Å². The number of aryl methyl sites for hydroxylation is 1. The Labute approximate surface area is 862 Å². The summed E-state index contributed by atoms with van der Waals surface area (Å²) in [7, 11) is -6.28. The molecule has 0 aliphatic heterocycles. The maximum absolute atomic E-state index is 11.8. The molecule has 0 atom stereocenters. The minimum Gasteiger partial charge on any atom is -0.870 e. The van der Waals surface area contributed by atoms with E-state index in [2.05, 4.69) is 148 Å². The number of terminal acetylenes is 4. The number of halogens is 16. The van der Waals surface area contributed by atoms with Gasteiger partial charge in [-0.15, -0.1) is 42.7 Å². The third kappa shape index (κ3) is 197. The minimum atomic E-state index is -5.62. The van der Waals surface area contributed by atoms with Crippen LogP contribution >= 0.6 is 63.7 Å². The quantitative estimate of drug-likeness (QED) is 0.0101. The van der Waals surface area contributed by atoms with Crippen LogP contribution in [-0.4, -0.2) is 276 Å². The van der Waals surface area contributed by atoms with E-state index in [1.54, 1.807) is 137 Å². The van der Waals surface area contributed by atoms with Crippen molar-refractivity contribution in [2.45, 2.75) is 305 Å². The van der Waals surface area contributed by atoms with Gasteiger partial charge in [0.05, 0.1) is 55.4 Å². The molecule has 0 saturated heterocycles. The largest absolute Gasteiger partial charge is 1.00 e. The summed E-state index contributed by atoms with van der Waals surface area (Å²) in [6.45, 7) is 51.6. The zero-order valence-electron chi connectivity index (χ0n) is 82.9. The van der Waals surface area contributed by atoms with E-state index in [1.807, 2.05) is 33.6 Å². The predicted octanol–water partition coefficient (Wildman–Crippen LogP) is 12.0. The number of alkyl halides is 16. The van der Waals surface area contributed by atoms with Crippen molar-refractivity contribution in [3.63, 3.8) is 0 Å². The number of carboxylic acid groups (broad SMARTS) is 5. The number of hydrogen-bond donors (Lipinski definition) is 10. The van der Waals surface area contributed by atoms with Crippen molar-refractivity contribution in [1.29, 1.82) is 0 Å². The molecule has 0 aliphatic carbocycles. The van der Waals surface area contributed by atoms with Gasteiger partial charge in [-0.3, -0.25) is 52.1 Å². The number of ether oxygens (including phenoxy) is 7. The van der Waals surface area contributed by atoms with Gasteiger partial charge in [-0.05, 0) is 164 Å². The second-order valence-corrected chi connectivity index (χ2v) is 47.1. The van der Waals surface area contributed by atoms with Crippen LogP contribution in [0.15, 0.2) is 29.2 Å². The first kappa shape index (κ1) is 171. The van der Waals surface area contributed by atoms with Gasteiger partial charge in [0.15, 0.2) is 0 Å². The van der Waals surface area contributed by atoms with E-state index < -0.39 is 157 Å². The Hall–Kier alpha value is -7.82. The normalized spacial score (nSPS) is 10.5. The van der Waals surface area contributed by atoms with Crippen LogP contribution in [-0.2, 0) is 115 Å². The Morgan fingerprint density at radius 2 is 0.647 bits per heavy atom. The van der Waals surface area contributed by atoms with Crippen molar-refractivity contribution in [2.75, 3.05) is 47.7 Å². The van der Waals surface area contributed by atoms with Crippen molar-refractivity contribution in [3.05, 3.63) is 29.8 Å². The first-order valence-electron chi connectivity index (χ1n) is 38.2. The standard InChI is InChI=1S/C14H20O5S.C8H12O2.C7H12O4.C7H14O3.C7H12O2Si.C6H11BrO2.C5H10Si.2C4F6O3.C4H4O2.2C4H10O.C4H6O.2C2H3BrO2.C2H5BrO.Na.H2O/c1-11-5-7-12(8-6-11)20(16,17)18-10-9-13(15)19-14(2,3)4;1-5-6-7(9)10-8(2,3)4;1-7(2,3)11-6(10)4-5(8)9;1-7(2,3)10-6(9)4-5-8;1-10(2,3)6-4-5-7(8)9;1-6(2,3)9-5(8)4-7;1-5-6(2,3)4;2*5-3(6,7)1(11)13-2(12)4(8,9)10;1-2-3-4(5)6;2*1-4(2,3)5;1-2-3-4-5;2*3-1-2(4)5;3-1-2-4;;/h5-8H,9-10H2,1-4H3;1H,6H2,2-4H3;4H2,1-3H3,(H,8,9);8H,4-5H2,1-3H3;5H2,1-3H3,(H,8,9);4H2,1-3H3;1H,2-4H3;;;1H,3H2,(H,5,6);2*5H,1-3H3;1,5H,3-4H2;2*1H2,(H,4,5);4H,1-2H2;;1H2/q;;;;;;;;;;;;;;;;+1;/p-1. The zero-order valence-corrected chi connectivity index (χ0v) is 94.1. The molecule has 0 bridgehead atoms. The molecular formula is C84H133Br4F12NaO35SSi2. The van der Waals surface area contributed by atoms with E-state index in [4.69, 9.17) is 98.2 Å². The Kier molecular flexibility index (Phi) is 108. The van der Waals surface area contributed by atoms with Gasteiger partial charge in [-0.1, -0.05) is 138 Å². The molecule has 0 radical (unpaired) electrons. The summed E-state index contributed by atoms with van der Waals surface area (Å²) in [5.74, 6) is -10.4. The molecule has 0 heterocycles. The number of rotatable bonds is 17. The molecule has 11 N–H and O–H groups in total. The number of aliphatic hydroxyl groups excluding tert-OH is 3. The second-order valence-electron chi connectivity index (χ2n) is 33.5. The number of aliphatic carboxylic acids is 5. The molecular weight excluding hydrogens is 2230 g/mol. The van der Waals surface area contributed by atoms with Crippen LogP contribution in [0.1, 0.15) is 196 Å². The van der Waals surface area contributed by atoms with E-state index in [1.165, 1.54) is 12.1 Å². The number of benzene rings is 1. The summed E-state index contributed by atoms with van der Waals surface area (Å²) < 4.78 is 192. The maximum atomic E-state index is 11.8. The van der Waals surface area contributed by atoms with Crippen molar-refractivity contribution in [2.24, 2.45) is 0 Å². The molecule has 0 aromatic heterocycles. The fourth-order valence-corrected chi connectivity index (χ4v) is 5.79. The van der Waals surface area contributed by atoms with Gasteiger partial charge >= 0.3 is 138 Å². The number of aliphatic hydroxyl groups is 5. The molecule has 0 amide bonds. The predicted molar refractivity (Wildman–Crippen MR) is 503 cm³/mol. The average Bonchev–Trinajstić information content (AvgIpc) is 0.814. The van der Waals surface area contributed by atoms with Crippen LogP contribution in [0.2, 0.25) is 39.3 Å². The fraction of sp³-hybridized carbons (Fsp3) is 0.643. The number of carboxylic acids is 5. The van der Waals surface area contributed by atoms with Gasteiger partial charge in [-0.2, -0.15) is 61.1 Å². The number of carbonyl (C=O) groups excluding carboxylic acids is 9. The molecule has 139 heavy (non-hydrogen) atoms. The van der Waals surface area contributed by atoms with Crippen molar-refractivity contribution in [1.82, 2.24) is 0 Å². The Balaban J connectivity index is -0.0000000776. The Bertz CT molecular complexity index is 3860. The zero-order chi connectivity index (χ0) is 114. The molecule has 35 nitrogen and oxygen atoms in total. The summed E-state index contributed by atoms with van der Waals surface area (Å²) in [6, 6.07) is 6.31. The average molecular weight is 2360 g/mol. The molecule has 0 spiro atoms. The van der Waals surface area contributed by atoms with Crippen LogP contribution in [0.5, 0.6) is 0 Å². The molecule has 0 fully saturated rings. The van der Waals surface area contributed by atoms with E-state index in [0.717, 1.165) is 5.56 Å². The smallest absolute Gasteiger partial charge is 0.870 e. The fourth-order valence-electron chi connectivity index (χ4n) is 4.15. The summed E-state index contributed by atoms with van der Waals surface area (Å²) in [5.41, 5.74) is 3.25. The minimum absolute atomic E-state index is 0. The van der Waals surface area contributed by atoms with Crippen LogP contribution in [0.25, 0.3) is 0 Å². The van der Waals surface area contributed by atoms with E-state index in [-0.39, 0.29) is 138 Å². The van der Waals surface area contributed by atoms with Crippen molar-refractivity contribution < 1.29 is 252 Å². The van der Waals surface area contributed by atoms with Crippen LogP contribution in [0.3, 0.4) is 0 Å². The molecule has 0 saturated carbocycles. The van der Waals surface area contributed by atoms with Crippen LogP contribution < -0.4 is 29.6 Å². The maximum Gasteiger partial charge on any atom is 1.00 e. The first-order chi connectivity index (χ1) is 60.5. The Morgan fingerprint density at radius 1 is 0.388 bits per heavy atom. The summed E-state index contributed by atoms with van der Waals surface area (Å²) in [5, 5.41) is 81.7. The van der Waals surface area contributed by atoms with Crippen molar-refractivity contribution >= 4 is 174 Å². The molecule has 0 unspecified atom stereocenters. The monoisotopic (exact) mass is 2360 g/mol. The molecule has 0 aliphatic rings. The van der Waals surface area contributed by atoms with Crippen molar-refractivity contribution in [3.8, 4) is 60.5 Å². The van der Waals surface area contributed by atoms with Crippen LogP contribution in [0, 0.1) is 67.4 Å². The molecule has 55 heteroatoms. The third-order valence-electron chi connectivity index (χ3n) is 8.18. The van der Waals surface area contributed by atoms with Gasteiger partial charge in [-0.25, -0.2) is 19.2 Å². The second kappa shape index (κ2) is 87.9.